The third kappa shape index (κ3) is 6.40. The van der Waals surface area contributed by atoms with Crippen LogP contribution >= 0.6 is 15.9 Å². The summed E-state index contributed by atoms with van der Waals surface area (Å²) < 4.78 is 6.09. The number of halogens is 1. The van der Waals surface area contributed by atoms with Gasteiger partial charge >= 0.3 is 5.97 Å². The zero-order chi connectivity index (χ0) is 20.5. The number of carbonyl (C=O) groups is 2. The van der Waals surface area contributed by atoms with Crippen molar-refractivity contribution in [3.8, 4) is 5.75 Å². The first-order valence-electron chi connectivity index (χ1n) is 9.04. The van der Waals surface area contributed by atoms with Gasteiger partial charge in [-0.2, -0.15) is 5.10 Å². The minimum Gasteiger partial charge on any atom is -0.423 e. The molecule has 146 valence electrons. The van der Waals surface area contributed by atoms with Crippen molar-refractivity contribution in [3.63, 3.8) is 0 Å². The van der Waals surface area contributed by atoms with Crippen molar-refractivity contribution >= 4 is 34.0 Å². The van der Waals surface area contributed by atoms with Gasteiger partial charge in [0.25, 0.3) is 0 Å². The van der Waals surface area contributed by atoms with E-state index in [2.05, 4.69) is 26.5 Å². The van der Waals surface area contributed by atoms with E-state index in [4.69, 9.17) is 4.74 Å². The van der Waals surface area contributed by atoms with Gasteiger partial charge in [-0.1, -0.05) is 54.6 Å². The van der Waals surface area contributed by atoms with Crippen LogP contribution in [0.3, 0.4) is 0 Å². The van der Waals surface area contributed by atoms with Crippen LogP contribution in [-0.4, -0.2) is 18.1 Å². The van der Waals surface area contributed by atoms with Crippen molar-refractivity contribution in [2.75, 3.05) is 0 Å². The summed E-state index contributed by atoms with van der Waals surface area (Å²) in [6.45, 7) is 0. The molecule has 0 aliphatic rings. The van der Waals surface area contributed by atoms with Gasteiger partial charge in [0.15, 0.2) is 0 Å². The minimum absolute atomic E-state index is 0.165. The van der Waals surface area contributed by atoms with Gasteiger partial charge in [0.05, 0.1) is 11.8 Å². The molecule has 0 atom stereocenters. The molecule has 1 N–H and O–H groups in total. The first kappa shape index (κ1) is 20.5. The first-order chi connectivity index (χ1) is 14.1. The van der Waals surface area contributed by atoms with E-state index in [-0.39, 0.29) is 5.91 Å². The molecule has 0 aliphatic heterocycles. The molecule has 0 saturated heterocycles. The maximum absolute atomic E-state index is 12.3. The van der Waals surface area contributed by atoms with Gasteiger partial charge in [-0.15, -0.1) is 0 Å². The van der Waals surface area contributed by atoms with Crippen LogP contribution < -0.4 is 10.2 Å². The van der Waals surface area contributed by atoms with Crippen LogP contribution in [0.1, 0.15) is 27.9 Å². The first-order valence-corrected chi connectivity index (χ1v) is 9.84. The second kappa shape index (κ2) is 10.3. The normalized spacial score (nSPS) is 10.7. The fourth-order valence-electron chi connectivity index (χ4n) is 2.58. The number of rotatable bonds is 7. The lowest BCUT2D eigenvalue weighted by molar-refractivity contribution is -0.121. The Morgan fingerprint density at radius 2 is 1.72 bits per heavy atom. The Hall–Kier alpha value is -3.25. The number of nitrogens with one attached hydrogen (secondary N) is 1. The summed E-state index contributed by atoms with van der Waals surface area (Å²) >= 11 is 3.34. The van der Waals surface area contributed by atoms with Gasteiger partial charge in [0, 0.05) is 10.9 Å². The van der Waals surface area contributed by atoms with Crippen molar-refractivity contribution in [2.45, 2.75) is 12.8 Å². The molecular formula is C23H19BrN2O3. The van der Waals surface area contributed by atoms with Crippen molar-refractivity contribution < 1.29 is 14.3 Å². The van der Waals surface area contributed by atoms with Crippen LogP contribution in [0.4, 0.5) is 0 Å². The van der Waals surface area contributed by atoms with Crippen LogP contribution in [0, 0.1) is 0 Å². The van der Waals surface area contributed by atoms with Crippen LogP contribution in [0.15, 0.2) is 88.4 Å². The van der Waals surface area contributed by atoms with Gasteiger partial charge in [-0.3, -0.25) is 4.79 Å². The summed E-state index contributed by atoms with van der Waals surface area (Å²) in [7, 11) is 0. The molecule has 0 unspecified atom stereocenters. The van der Waals surface area contributed by atoms with Gasteiger partial charge in [-0.05, 0) is 57.7 Å². The smallest absolute Gasteiger partial charge is 0.344 e. The number of hydrogen-bond acceptors (Lipinski definition) is 4. The Morgan fingerprint density at radius 3 is 2.52 bits per heavy atom. The maximum Gasteiger partial charge on any atom is 0.344 e. The Bertz CT molecular complexity index is 1020. The molecule has 3 aromatic rings. The molecule has 0 spiro atoms. The Labute approximate surface area is 177 Å². The third-order valence-corrected chi connectivity index (χ3v) is 4.74. The lowest BCUT2D eigenvalue weighted by Crippen LogP contribution is -2.17. The average molecular weight is 451 g/mol. The van der Waals surface area contributed by atoms with Gasteiger partial charge < -0.3 is 4.74 Å². The summed E-state index contributed by atoms with van der Waals surface area (Å²) in [5.74, 6) is -0.229. The van der Waals surface area contributed by atoms with E-state index < -0.39 is 5.97 Å². The van der Waals surface area contributed by atoms with Gasteiger partial charge in [-0.25, -0.2) is 10.2 Å². The number of carbonyl (C=O) groups excluding carboxylic acids is 2. The number of nitrogens with zero attached hydrogens (tertiary/aromatic N) is 1. The second-order valence-electron chi connectivity index (χ2n) is 6.22. The standard InChI is InChI=1S/C23H19BrN2O3/c24-21-12-5-4-11-20(21)23(28)29-19-10-6-9-18(15-19)16-25-26-22(27)14-13-17-7-2-1-3-8-17/h1-12,15-16H,13-14H2,(H,26,27). The molecule has 0 bridgehead atoms. The molecule has 0 radical (unpaired) electrons. The molecule has 0 fully saturated rings. The molecule has 0 aliphatic carbocycles. The monoisotopic (exact) mass is 450 g/mol. The van der Waals surface area contributed by atoms with Crippen molar-refractivity contribution in [3.05, 3.63) is 100 Å². The van der Waals surface area contributed by atoms with E-state index in [0.29, 0.717) is 34.2 Å². The van der Waals surface area contributed by atoms with E-state index in [1.165, 1.54) is 6.21 Å². The molecule has 0 saturated carbocycles. The van der Waals surface area contributed by atoms with E-state index in [0.717, 1.165) is 5.56 Å². The molecule has 0 aromatic heterocycles. The van der Waals surface area contributed by atoms with E-state index >= 15 is 0 Å². The summed E-state index contributed by atoms with van der Waals surface area (Å²) in [4.78, 5) is 24.2. The number of esters is 1. The quantitative estimate of drug-likeness (QED) is 0.244. The van der Waals surface area contributed by atoms with Crippen LogP contribution in [0.2, 0.25) is 0 Å². The Morgan fingerprint density at radius 1 is 0.966 bits per heavy atom. The lowest BCUT2D eigenvalue weighted by atomic mass is 10.1. The fraction of sp³-hybridized carbons (Fsp3) is 0.0870. The number of hydrazone groups is 1. The Balaban J connectivity index is 1.53. The highest BCUT2D eigenvalue weighted by Gasteiger charge is 2.11. The average Bonchev–Trinajstić information content (AvgIpc) is 2.73. The van der Waals surface area contributed by atoms with Crippen LogP contribution in [0.5, 0.6) is 5.75 Å². The summed E-state index contributed by atoms with van der Waals surface area (Å²) in [6.07, 6.45) is 2.52. The summed E-state index contributed by atoms with van der Waals surface area (Å²) in [6, 6.07) is 23.8. The molecule has 0 heterocycles. The molecule has 3 rings (SSSR count). The molecule has 3 aromatic carbocycles. The zero-order valence-corrected chi connectivity index (χ0v) is 17.1. The highest BCUT2D eigenvalue weighted by Crippen LogP contribution is 2.19. The van der Waals surface area contributed by atoms with Crippen LogP contribution in [-0.2, 0) is 11.2 Å². The third-order valence-electron chi connectivity index (χ3n) is 4.05. The predicted molar refractivity (Wildman–Crippen MR) is 116 cm³/mol. The second-order valence-corrected chi connectivity index (χ2v) is 7.07. The minimum atomic E-state index is -0.458. The van der Waals surface area contributed by atoms with E-state index in [9.17, 15) is 9.59 Å². The number of amides is 1. The number of benzene rings is 3. The van der Waals surface area contributed by atoms with Crippen molar-refractivity contribution in [1.29, 1.82) is 0 Å². The van der Waals surface area contributed by atoms with E-state index in [1.54, 1.807) is 42.5 Å². The molecule has 6 heteroatoms. The zero-order valence-electron chi connectivity index (χ0n) is 15.5. The van der Waals surface area contributed by atoms with Crippen molar-refractivity contribution in [1.82, 2.24) is 5.43 Å². The van der Waals surface area contributed by atoms with Gasteiger partial charge in [0.1, 0.15) is 5.75 Å². The summed E-state index contributed by atoms with van der Waals surface area (Å²) in [5, 5.41) is 3.97. The molecular weight excluding hydrogens is 432 g/mol. The number of aryl methyl sites for hydroxylation is 1. The highest BCUT2D eigenvalue weighted by molar-refractivity contribution is 9.10. The lowest BCUT2D eigenvalue weighted by Gasteiger charge is -2.06. The fourth-order valence-corrected chi connectivity index (χ4v) is 3.03. The maximum atomic E-state index is 12.3. The Kier molecular flexibility index (Phi) is 7.30. The topological polar surface area (TPSA) is 67.8 Å². The largest absolute Gasteiger partial charge is 0.423 e. The molecule has 5 nitrogen and oxygen atoms in total. The molecule has 29 heavy (non-hydrogen) atoms. The van der Waals surface area contributed by atoms with Crippen LogP contribution in [0.25, 0.3) is 0 Å². The van der Waals surface area contributed by atoms with Gasteiger partial charge in [0.2, 0.25) is 5.91 Å². The number of hydrogen-bond donors (Lipinski definition) is 1. The highest BCUT2D eigenvalue weighted by atomic mass is 79.9. The molecule has 1 amide bonds. The predicted octanol–water partition coefficient (Wildman–Crippen LogP) is 4.75. The van der Waals surface area contributed by atoms with Crippen molar-refractivity contribution in [2.24, 2.45) is 5.10 Å². The SMILES string of the molecule is O=C(CCc1ccccc1)NN=Cc1cccc(OC(=O)c2ccccc2Br)c1. The summed E-state index contributed by atoms with van der Waals surface area (Å²) in [5.41, 5.74) is 4.76. The number of ether oxygens (including phenoxy) is 1. The van der Waals surface area contributed by atoms with E-state index in [1.807, 2.05) is 36.4 Å².